The minimum Gasteiger partial charge on any atom is -0.347 e. The first-order valence-corrected chi connectivity index (χ1v) is 7.16. The normalized spacial score (nSPS) is 18.0. The number of nitrogens with one attached hydrogen (secondary N) is 1. The van der Waals surface area contributed by atoms with Crippen molar-refractivity contribution in [1.82, 2.24) is 14.6 Å². The van der Waals surface area contributed by atoms with Gasteiger partial charge in [-0.05, 0) is 19.8 Å². The molecule has 0 saturated heterocycles. The molecule has 0 spiro atoms. The second kappa shape index (κ2) is 4.62. The number of terminal acetylenes is 1. The molecule has 2 heterocycles. The molecule has 0 bridgehead atoms. The van der Waals surface area contributed by atoms with E-state index in [4.69, 9.17) is 6.42 Å². The highest BCUT2D eigenvalue weighted by Gasteiger charge is 2.21. The molecule has 1 fully saturated rings. The maximum atomic E-state index is 5.34. The number of imidazole rings is 1. The zero-order chi connectivity index (χ0) is 12.5. The van der Waals surface area contributed by atoms with Gasteiger partial charge in [0, 0.05) is 5.92 Å². The molecule has 94 valence electrons. The average molecular weight is 260 g/mol. The lowest BCUT2D eigenvalue weighted by Gasteiger charge is -2.04. The average Bonchev–Trinajstić information content (AvgIpc) is 3.01. The summed E-state index contributed by atoms with van der Waals surface area (Å²) < 4.78 is 1.86. The first-order valence-electron chi connectivity index (χ1n) is 6.35. The van der Waals surface area contributed by atoms with Crippen LogP contribution in [0.2, 0.25) is 0 Å². The van der Waals surface area contributed by atoms with Crippen LogP contribution >= 0.6 is 11.3 Å². The van der Waals surface area contributed by atoms with Gasteiger partial charge in [0.05, 0.1) is 17.9 Å². The Hall–Kier alpha value is -1.54. The highest BCUT2D eigenvalue weighted by molar-refractivity contribution is 7.20. The van der Waals surface area contributed by atoms with Gasteiger partial charge < -0.3 is 5.32 Å². The Bertz CT molecular complexity index is 554. The van der Waals surface area contributed by atoms with Crippen LogP contribution in [0, 0.1) is 12.3 Å². The first-order chi connectivity index (χ1) is 8.76. The lowest BCUT2D eigenvalue weighted by Crippen LogP contribution is -2.11. The Labute approximate surface area is 110 Å². The van der Waals surface area contributed by atoms with Crippen LogP contribution in [0.25, 0.3) is 4.96 Å². The van der Waals surface area contributed by atoms with Crippen molar-refractivity contribution in [1.29, 1.82) is 0 Å². The molecule has 1 N–H and O–H groups in total. The molecule has 1 aliphatic carbocycles. The van der Waals surface area contributed by atoms with Crippen LogP contribution in [0.4, 0.5) is 5.13 Å². The standard InChI is InChI=1S/C13H16N4S/c1-3-9(2)14-12-16-17-8-11(15-13(17)18-12)10-6-4-5-7-10/h1,8-10H,4-7H2,2H3,(H,14,16). The summed E-state index contributed by atoms with van der Waals surface area (Å²) in [5.74, 6) is 3.27. The SMILES string of the molecule is C#CC(C)Nc1nn2cc(C3CCCC3)nc2s1. The van der Waals surface area contributed by atoms with Crippen molar-refractivity contribution in [2.24, 2.45) is 0 Å². The van der Waals surface area contributed by atoms with Gasteiger partial charge in [0.2, 0.25) is 10.1 Å². The van der Waals surface area contributed by atoms with Crippen LogP contribution in [0.3, 0.4) is 0 Å². The van der Waals surface area contributed by atoms with Crippen molar-refractivity contribution < 1.29 is 0 Å². The van der Waals surface area contributed by atoms with Gasteiger partial charge in [0.1, 0.15) is 0 Å². The minimum absolute atomic E-state index is 0.00448. The number of fused-ring (bicyclic) bond motifs is 1. The Balaban J connectivity index is 1.82. The summed E-state index contributed by atoms with van der Waals surface area (Å²) in [6.45, 7) is 1.94. The van der Waals surface area contributed by atoms with E-state index < -0.39 is 0 Å². The summed E-state index contributed by atoms with van der Waals surface area (Å²) in [5.41, 5.74) is 1.20. The van der Waals surface area contributed by atoms with Gasteiger partial charge >= 0.3 is 0 Å². The van der Waals surface area contributed by atoms with Gasteiger partial charge in [0.25, 0.3) is 0 Å². The molecular formula is C13H16N4S. The van der Waals surface area contributed by atoms with Crippen molar-refractivity contribution in [3.05, 3.63) is 11.9 Å². The summed E-state index contributed by atoms with van der Waals surface area (Å²) >= 11 is 1.55. The van der Waals surface area contributed by atoms with Crippen LogP contribution in [0.5, 0.6) is 0 Å². The molecule has 1 aliphatic rings. The van der Waals surface area contributed by atoms with Gasteiger partial charge in [-0.2, -0.15) is 0 Å². The molecule has 18 heavy (non-hydrogen) atoms. The molecule has 1 saturated carbocycles. The van der Waals surface area contributed by atoms with E-state index in [1.54, 1.807) is 11.3 Å². The predicted molar refractivity (Wildman–Crippen MR) is 74.0 cm³/mol. The zero-order valence-electron chi connectivity index (χ0n) is 10.4. The summed E-state index contributed by atoms with van der Waals surface area (Å²) in [6, 6.07) is -0.00448. The van der Waals surface area contributed by atoms with E-state index in [1.807, 2.05) is 11.4 Å². The summed E-state index contributed by atoms with van der Waals surface area (Å²) in [7, 11) is 0. The molecule has 3 rings (SSSR count). The molecule has 5 heteroatoms. The summed E-state index contributed by atoms with van der Waals surface area (Å²) in [4.78, 5) is 5.62. The third-order valence-electron chi connectivity index (χ3n) is 3.43. The van der Waals surface area contributed by atoms with Crippen LogP contribution in [0.1, 0.15) is 44.2 Å². The van der Waals surface area contributed by atoms with Crippen molar-refractivity contribution in [2.75, 3.05) is 5.32 Å². The van der Waals surface area contributed by atoms with Crippen molar-refractivity contribution >= 4 is 21.4 Å². The number of anilines is 1. The van der Waals surface area contributed by atoms with Gasteiger partial charge in [-0.3, -0.25) is 0 Å². The van der Waals surface area contributed by atoms with Gasteiger partial charge in [-0.15, -0.1) is 11.5 Å². The van der Waals surface area contributed by atoms with E-state index in [1.165, 1.54) is 31.4 Å². The molecule has 2 aromatic rings. The van der Waals surface area contributed by atoms with E-state index in [2.05, 4.69) is 27.5 Å². The molecule has 0 aliphatic heterocycles. The maximum absolute atomic E-state index is 5.34. The van der Waals surface area contributed by atoms with E-state index in [0.29, 0.717) is 5.92 Å². The van der Waals surface area contributed by atoms with Crippen LogP contribution in [0.15, 0.2) is 6.20 Å². The zero-order valence-corrected chi connectivity index (χ0v) is 11.2. The number of hydrogen-bond donors (Lipinski definition) is 1. The van der Waals surface area contributed by atoms with Crippen molar-refractivity contribution in [3.63, 3.8) is 0 Å². The maximum Gasteiger partial charge on any atom is 0.214 e. The highest BCUT2D eigenvalue weighted by atomic mass is 32.1. The van der Waals surface area contributed by atoms with Gasteiger partial charge in [0.15, 0.2) is 0 Å². The van der Waals surface area contributed by atoms with E-state index >= 15 is 0 Å². The van der Waals surface area contributed by atoms with Crippen LogP contribution in [-0.4, -0.2) is 20.6 Å². The molecular weight excluding hydrogens is 244 g/mol. The van der Waals surface area contributed by atoms with E-state index in [0.717, 1.165) is 10.1 Å². The molecule has 1 unspecified atom stereocenters. The second-order valence-corrected chi connectivity index (χ2v) is 5.77. The quantitative estimate of drug-likeness (QED) is 0.863. The largest absolute Gasteiger partial charge is 0.347 e. The summed E-state index contributed by atoms with van der Waals surface area (Å²) in [5, 5.41) is 8.46. The fourth-order valence-electron chi connectivity index (χ4n) is 2.42. The Kier molecular flexibility index (Phi) is 2.96. The lowest BCUT2D eigenvalue weighted by molar-refractivity contribution is 0.702. The molecule has 0 amide bonds. The monoisotopic (exact) mass is 260 g/mol. The fraction of sp³-hybridized carbons (Fsp3) is 0.538. The fourth-order valence-corrected chi connectivity index (χ4v) is 3.30. The van der Waals surface area contributed by atoms with Gasteiger partial charge in [-0.25, -0.2) is 9.50 Å². The van der Waals surface area contributed by atoms with Crippen LogP contribution in [-0.2, 0) is 0 Å². The molecule has 0 radical (unpaired) electrons. The molecule has 1 atom stereocenters. The van der Waals surface area contributed by atoms with E-state index in [-0.39, 0.29) is 6.04 Å². The number of rotatable bonds is 3. The third kappa shape index (κ3) is 2.08. The third-order valence-corrected chi connectivity index (χ3v) is 4.28. The van der Waals surface area contributed by atoms with Gasteiger partial charge in [-0.1, -0.05) is 30.1 Å². The van der Waals surface area contributed by atoms with Crippen molar-refractivity contribution in [3.8, 4) is 12.3 Å². The van der Waals surface area contributed by atoms with Crippen molar-refractivity contribution in [2.45, 2.75) is 44.6 Å². The Morgan fingerprint density at radius 3 is 3.00 bits per heavy atom. The van der Waals surface area contributed by atoms with Crippen LogP contribution < -0.4 is 5.32 Å². The lowest BCUT2D eigenvalue weighted by atomic mass is 10.1. The number of hydrogen-bond acceptors (Lipinski definition) is 4. The minimum atomic E-state index is -0.00448. The topological polar surface area (TPSA) is 42.2 Å². The van der Waals surface area contributed by atoms with E-state index in [9.17, 15) is 0 Å². The Morgan fingerprint density at radius 1 is 1.56 bits per heavy atom. The summed E-state index contributed by atoms with van der Waals surface area (Å²) in [6.07, 6.45) is 12.6. The molecule has 2 aromatic heterocycles. The first kappa shape index (κ1) is 11.5. The smallest absolute Gasteiger partial charge is 0.214 e. The second-order valence-electron chi connectivity index (χ2n) is 4.81. The Morgan fingerprint density at radius 2 is 2.33 bits per heavy atom. The number of aromatic nitrogens is 3. The number of nitrogens with zero attached hydrogens (tertiary/aromatic N) is 3. The highest BCUT2D eigenvalue weighted by Crippen LogP contribution is 2.34. The molecule has 4 nitrogen and oxygen atoms in total. The predicted octanol–water partition coefficient (Wildman–Crippen LogP) is 2.88. The molecule has 0 aromatic carbocycles.